The summed E-state index contributed by atoms with van der Waals surface area (Å²) in [5.74, 6) is -0.0160. The molecule has 0 atom stereocenters. The van der Waals surface area contributed by atoms with E-state index in [0.29, 0.717) is 43.3 Å². The first-order chi connectivity index (χ1) is 12.2. The summed E-state index contributed by atoms with van der Waals surface area (Å²) in [6.07, 6.45) is 4.97. The topological polar surface area (TPSA) is 76.9 Å². The number of aryl methyl sites for hydroxylation is 1. The van der Waals surface area contributed by atoms with Gasteiger partial charge in [-0.2, -0.15) is 0 Å². The minimum absolute atomic E-state index is 0.0160. The molecule has 0 bridgehead atoms. The van der Waals surface area contributed by atoms with E-state index in [9.17, 15) is 9.59 Å². The Hall–Kier alpha value is -3.02. The van der Waals surface area contributed by atoms with Crippen molar-refractivity contribution in [3.05, 3.63) is 71.0 Å². The number of hydrogen-bond acceptors (Lipinski definition) is 4. The SMILES string of the molecule is O=C(CCCn1cnc2ccccc2c1=O)NCCc1ccccn1. The standard InChI is InChI=1S/C19H20N4O2/c24-18(21-12-10-15-6-3-4-11-20-15)9-5-13-23-14-22-17-8-2-1-7-16(17)19(23)25/h1-4,6-8,11,14H,5,9-10,12-13H2,(H,21,24). The second-order valence-electron chi connectivity index (χ2n) is 5.78. The molecule has 3 rings (SSSR count). The maximum Gasteiger partial charge on any atom is 0.261 e. The number of para-hydroxylation sites is 1. The summed E-state index contributed by atoms with van der Waals surface area (Å²) < 4.78 is 1.56. The average molecular weight is 336 g/mol. The van der Waals surface area contributed by atoms with Gasteiger partial charge in [0, 0.05) is 37.8 Å². The summed E-state index contributed by atoms with van der Waals surface area (Å²) >= 11 is 0. The Kier molecular flexibility index (Phi) is 5.51. The lowest BCUT2D eigenvalue weighted by Gasteiger charge is -2.07. The van der Waals surface area contributed by atoms with E-state index in [1.54, 1.807) is 23.2 Å². The largest absolute Gasteiger partial charge is 0.356 e. The zero-order valence-corrected chi connectivity index (χ0v) is 13.9. The molecule has 0 fully saturated rings. The van der Waals surface area contributed by atoms with Gasteiger partial charge in [0.25, 0.3) is 5.56 Å². The molecule has 6 heteroatoms. The van der Waals surface area contributed by atoms with E-state index >= 15 is 0 Å². The van der Waals surface area contributed by atoms with Crippen LogP contribution in [0.3, 0.4) is 0 Å². The van der Waals surface area contributed by atoms with Gasteiger partial charge >= 0.3 is 0 Å². The van der Waals surface area contributed by atoms with Gasteiger partial charge in [0.2, 0.25) is 5.91 Å². The number of carbonyl (C=O) groups excluding carboxylic acids is 1. The van der Waals surface area contributed by atoms with Crippen molar-refractivity contribution in [2.24, 2.45) is 0 Å². The molecule has 1 amide bonds. The fourth-order valence-corrected chi connectivity index (χ4v) is 2.64. The number of amides is 1. The van der Waals surface area contributed by atoms with Crippen LogP contribution in [-0.2, 0) is 17.8 Å². The first-order valence-electron chi connectivity index (χ1n) is 8.35. The Morgan fingerprint density at radius 3 is 2.76 bits per heavy atom. The number of benzene rings is 1. The summed E-state index contributed by atoms with van der Waals surface area (Å²) in [7, 11) is 0. The highest BCUT2D eigenvalue weighted by molar-refractivity contribution is 5.77. The zero-order chi connectivity index (χ0) is 17.5. The smallest absolute Gasteiger partial charge is 0.261 e. The second-order valence-corrected chi connectivity index (χ2v) is 5.78. The summed E-state index contributed by atoms with van der Waals surface area (Å²) in [6, 6.07) is 13.0. The lowest BCUT2D eigenvalue weighted by Crippen LogP contribution is -2.26. The Balaban J connectivity index is 1.45. The van der Waals surface area contributed by atoms with E-state index < -0.39 is 0 Å². The van der Waals surface area contributed by atoms with Crippen molar-refractivity contribution in [3.8, 4) is 0 Å². The van der Waals surface area contributed by atoms with Gasteiger partial charge in [0.15, 0.2) is 0 Å². The number of hydrogen-bond donors (Lipinski definition) is 1. The normalized spacial score (nSPS) is 10.7. The van der Waals surface area contributed by atoms with Crippen LogP contribution in [0.15, 0.2) is 59.8 Å². The number of nitrogens with zero attached hydrogens (tertiary/aromatic N) is 3. The lowest BCUT2D eigenvalue weighted by atomic mass is 10.2. The Morgan fingerprint density at radius 2 is 1.92 bits per heavy atom. The van der Waals surface area contributed by atoms with Crippen LogP contribution in [0.1, 0.15) is 18.5 Å². The Morgan fingerprint density at radius 1 is 1.08 bits per heavy atom. The first-order valence-corrected chi connectivity index (χ1v) is 8.35. The molecule has 0 radical (unpaired) electrons. The Bertz CT molecular complexity index is 906. The van der Waals surface area contributed by atoms with Gasteiger partial charge in [0.05, 0.1) is 17.2 Å². The lowest BCUT2D eigenvalue weighted by molar-refractivity contribution is -0.121. The summed E-state index contributed by atoms with van der Waals surface area (Å²) in [5, 5.41) is 3.48. The fraction of sp³-hybridized carbons (Fsp3) is 0.263. The summed E-state index contributed by atoms with van der Waals surface area (Å²) in [6.45, 7) is 1.04. The van der Waals surface area contributed by atoms with Crippen LogP contribution < -0.4 is 10.9 Å². The van der Waals surface area contributed by atoms with E-state index in [-0.39, 0.29) is 11.5 Å². The van der Waals surface area contributed by atoms with Crippen molar-refractivity contribution in [1.29, 1.82) is 0 Å². The van der Waals surface area contributed by atoms with E-state index in [0.717, 1.165) is 5.69 Å². The molecule has 128 valence electrons. The van der Waals surface area contributed by atoms with Crippen LogP contribution in [0.5, 0.6) is 0 Å². The highest BCUT2D eigenvalue weighted by Gasteiger charge is 2.05. The molecule has 2 heterocycles. The number of pyridine rings is 1. The Labute approximate surface area is 145 Å². The second kappa shape index (κ2) is 8.19. The van der Waals surface area contributed by atoms with Crippen molar-refractivity contribution in [3.63, 3.8) is 0 Å². The van der Waals surface area contributed by atoms with Crippen LogP contribution in [-0.4, -0.2) is 27.0 Å². The highest BCUT2D eigenvalue weighted by Crippen LogP contribution is 2.05. The molecular formula is C19H20N4O2. The molecule has 0 unspecified atom stereocenters. The van der Waals surface area contributed by atoms with E-state index in [4.69, 9.17) is 0 Å². The molecule has 1 aromatic carbocycles. The molecule has 6 nitrogen and oxygen atoms in total. The molecule has 1 N–H and O–H groups in total. The maximum absolute atomic E-state index is 12.3. The van der Waals surface area contributed by atoms with Crippen molar-refractivity contribution in [2.75, 3.05) is 6.54 Å². The maximum atomic E-state index is 12.3. The van der Waals surface area contributed by atoms with Crippen LogP contribution in [0, 0.1) is 0 Å². The van der Waals surface area contributed by atoms with Crippen LogP contribution in [0.2, 0.25) is 0 Å². The fourth-order valence-electron chi connectivity index (χ4n) is 2.64. The third-order valence-electron chi connectivity index (χ3n) is 3.96. The van der Waals surface area contributed by atoms with Crippen LogP contribution >= 0.6 is 0 Å². The quantitative estimate of drug-likeness (QED) is 0.715. The first kappa shape index (κ1) is 16.8. The molecule has 0 saturated heterocycles. The van der Waals surface area contributed by atoms with Crippen molar-refractivity contribution >= 4 is 16.8 Å². The molecule has 0 aliphatic carbocycles. The van der Waals surface area contributed by atoms with E-state index in [1.165, 1.54) is 0 Å². The highest BCUT2D eigenvalue weighted by atomic mass is 16.1. The number of fused-ring (bicyclic) bond motifs is 1. The third kappa shape index (κ3) is 4.50. The number of nitrogens with one attached hydrogen (secondary N) is 1. The van der Waals surface area contributed by atoms with Crippen LogP contribution in [0.4, 0.5) is 0 Å². The van der Waals surface area contributed by atoms with Gasteiger partial charge in [-0.15, -0.1) is 0 Å². The van der Waals surface area contributed by atoms with E-state index in [2.05, 4.69) is 15.3 Å². The van der Waals surface area contributed by atoms with Gasteiger partial charge in [-0.25, -0.2) is 4.98 Å². The summed E-state index contributed by atoms with van der Waals surface area (Å²) in [4.78, 5) is 32.7. The predicted molar refractivity (Wildman–Crippen MR) is 96.2 cm³/mol. The molecule has 0 spiro atoms. The third-order valence-corrected chi connectivity index (χ3v) is 3.96. The molecule has 0 aliphatic heterocycles. The van der Waals surface area contributed by atoms with Gasteiger partial charge in [-0.1, -0.05) is 18.2 Å². The van der Waals surface area contributed by atoms with Gasteiger partial charge in [0.1, 0.15) is 0 Å². The average Bonchev–Trinajstić information content (AvgIpc) is 2.65. The van der Waals surface area contributed by atoms with Gasteiger partial charge < -0.3 is 5.32 Å². The minimum atomic E-state index is -0.0684. The number of carbonyl (C=O) groups is 1. The van der Waals surface area contributed by atoms with Gasteiger partial charge in [-0.05, 0) is 30.7 Å². The number of rotatable bonds is 7. The molecule has 3 aromatic rings. The molecule has 25 heavy (non-hydrogen) atoms. The van der Waals surface area contributed by atoms with Crippen molar-refractivity contribution in [1.82, 2.24) is 19.9 Å². The summed E-state index contributed by atoms with van der Waals surface area (Å²) in [5.41, 5.74) is 1.58. The molecule has 0 saturated carbocycles. The number of aromatic nitrogens is 3. The molecule has 0 aliphatic rings. The van der Waals surface area contributed by atoms with Crippen LogP contribution in [0.25, 0.3) is 10.9 Å². The van der Waals surface area contributed by atoms with Crippen molar-refractivity contribution < 1.29 is 4.79 Å². The minimum Gasteiger partial charge on any atom is -0.356 e. The van der Waals surface area contributed by atoms with Crippen molar-refractivity contribution in [2.45, 2.75) is 25.8 Å². The van der Waals surface area contributed by atoms with Gasteiger partial charge in [-0.3, -0.25) is 19.1 Å². The zero-order valence-electron chi connectivity index (χ0n) is 13.9. The molecule has 2 aromatic heterocycles. The predicted octanol–water partition coefficient (Wildman–Crippen LogP) is 1.93. The molecular weight excluding hydrogens is 316 g/mol. The van der Waals surface area contributed by atoms with E-state index in [1.807, 2.05) is 36.4 Å². The monoisotopic (exact) mass is 336 g/mol.